The van der Waals surface area contributed by atoms with Crippen LogP contribution in [0.5, 0.6) is 0 Å². The van der Waals surface area contributed by atoms with Crippen molar-refractivity contribution in [3.63, 3.8) is 0 Å². The minimum absolute atomic E-state index is 0.252. The summed E-state index contributed by atoms with van der Waals surface area (Å²) in [6.45, 7) is 5.51. The Labute approximate surface area is 188 Å². The summed E-state index contributed by atoms with van der Waals surface area (Å²) in [5.41, 5.74) is 6.53. The quantitative estimate of drug-likeness (QED) is 0.416. The van der Waals surface area contributed by atoms with Crippen LogP contribution in [0.4, 0.5) is 0 Å². The van der Waals surface area contributed by atoms with Crippen molar-refractivity contribution in [2.45, 2.75) is 70.6 Å². The van der Waals surface area contributed by atoms with Crippen molar-refractivity contribution >= 4 is 23.7 Å². The smallest absolute Gasteiger partial charge is 0.326 e. The number of carbonyl (C=O) groups is 4. The SMILES string of the molecule is CCC(C)C(NC(=O)C1CCCN1C(=O)C(Cc1ccccc1)NC(=O)C(C)N)C(=O)O. The van der Waals surface area contributed by atoms with Crippen molar-refractivity contribution in [2.24, 2.45) is 11.7 Å². The van der Waals surface area contributed by atoms with Gasteiger partial charge in [0.2, 0.25) is 17.7 Å². The first-order valence-corrected chi connectivity index (χ1v) is 11.1. The number of nitrogens with zero attached hydrogens (tertiary/aromatic N) is 1. The lowest BCUT2D eigenvalue weighted by Gasteiger charge is -2.30. The van der Waals surface area contributed by atoms with E-state index >= 15 is 0 Å². The molecule has 2 rings (SSSR count). The molecule has 176 valence electrons. The van der Waals surface area contributed by atoms with Crippen LogP contribution in [0.25, 0.3) is 0 Å². The molecule has 1 fully saturated rings. The van der Waals surface area contributed by atoms with Gasteiger partial charge in [0.15, 0.2) is 0 Å². The zero-order chi connectivity index (χ0) is 23.8. The summed E-state index contributed by atoms with van der Waals surface area (Å²) in [5.74, 6) is -2.67. The number of carboxylic acids is 1. The van der Waals surface area contributed by atoms with E-state index in [-0.39, 0.29) is 18.2 Å². The number of amides is 3. The summed E-state index contributed by atoms with van der Waals surface area (Å²) in [6.07, 6.45) is 1.90. The molecule has 0 aromatic heterocycles. The van der Waals surface area contributed by atoms with Gasteiger partial charge >= 0.3 is 5.97 Å². The highest BCUT2D eigenvalue weighted by molar-refractivity contribution is 5.94. The van der Waals surface area contributed by atoms with Crippen LogP contribution in [0.3, 0.4) is 0 Å². The maximum atomic E-state index is 13.4. The van der Waals surface area contributed by atoms with Gasteiger partial charge in [-0.2, -0.15) is 0 Å². The fraction of sp³-hybridized carbons (Fsp3) is 0.565. The largest absolute Gasteiger partial charge is 0.480 e. The van der Waals surface area contributed by atoms with E-state index in [1.54, 1.807) is 6.92 Å². The summed E-state index contributed by atoms with van der Waals surface area (Å²) in [7, 11) is 0. The Kier molecular flexibility index (Phi) is 9.19. The number of rotatable bonds is 10. The van der Waals surface area contributed by atoms with Gasteiger partial charge in [0.1, 0.15) is 18.1 Å². The molecule has 1 saturated heterocycles. The van der Waals surface area contributed by atoms with Crippen molar-refractivity contribution < 1.29 is 24.3 Å². The van der Waals surface area contributed by atoms with Crippen molar-refractivity contribution in [2.75, 3.05) is 6.54 Å². The number of aliphatic carboxylic acids is 1. The molecule has 9 nitrogen and oxygen atoms in total. The van der Waals surface area contributed by atoms with Crippen LogP contribution in [0, 0.1) is 5.92 Å². The van der Waals surface area contributed by atoms with E-state index in [4.69, 9.17) is 5.73 Å². The molecule has 1 heterocycles. The number of carboxylic acid groups (broad SMARTS) is 1. The zero-order valence-corrected chi connectivity index (χ0v) is 18.9. The second kappa shape index (κ2) is 11.6. The molecule has 3 amide bonds. The summed E-state index contributed by atoms with van der Waals surface area (Å²) in [6, 6.07) is 5.79. The monoisotopic (exact) mass is 446 g/mol. The molecule has 1 aromatic rings. The first-order valence-electron chi connectivity index (χ1n) is 11.1. The molecule has 32 heavy (non-hydrogen) atoms. The van der Waals surface area contributed by atoms with Crippen LogP contribution in [0.1, 0.15) is 45.6 Å². The molecule has 1 aromatic carbocycles. The Hall–Kier alpha value is -2.94. The van der Waals surface area contributed by atoms with E-state index in [0.29, 0.717) is 25.8 Å². The van der Waals surface area contributed by atoms with Crippen LogP contribution in [0.2, 0.25) is 0 Å². The third-order valence-electron chi connectivity index (χ3n) is 5.93. The van der Waals surface area contributed by atoms with Gasteiger partial charge in [-0.3, -0.25) is 14.4 Å². The van der Waals surface area contributed by atoms with Gasteiger partial charge in [0, 0.05) is 13.0 Å². The van der Waals surface area contributed by atoms with Gasteiger partial charge in [-0.25, -0.2) is 4.79 Å². The normalized spacial score (nSPS) is 19.5. The molecular weight excluding hydrogens is 412 g/mol. The molecule has 0 bridgehead atoms. The third-order valence-corrected chi connectivity index (χ3v) is 5.93. The second-order valence-electron chi connectivity index (χ2n) is 8.44. The van der Waals surface area contributed by atoms with E-state index < -0.39 is 42.0 Å². The first kappa shape index (κ1) is 25.3. The van der Waals surface area contributed by atoms with Crippen LogP contribution >= 0.6 is 0 Å². The molecule has 9 heteroatoms. The van der Waals surface area contributed by atoms with Crippen LogP contribution in [0.15, 0.2) is 30.3 Å². The third kappa shape index (κ3) is 6.53. The number of likely N-dealkylation sites (tertiary alicyclic amines) is 1. The summed E-state index contributed by atoms with van der Waals surface area (Å²) >= 11 is 0. The molecular formula is C23H34N4O5. The fourth-order valence-corrected chi connectivity index (χ4v) is 3.79. The van der Waals surface area contributed by atoms with Crippen molar-refractivity contribution in [3.05, 3.63) is 35.9 Å². The lowest BCUT2D eigenvalue weighted by Crippen LogP contribution is -2.57. The number of nitrogens with two attached hydrogens (primary N) is 1. The van der Waals surface area contributed by atoms with Crippen molar-refractivity contribution in [1.29, 1.82) is 0 Å². The van der Waals surface area contributed by atoms with Gasteiger partial charge in [-0.15, -0.1) is 0 Å². The Morgan fingerprint density at radius 3 is 2.38 bits per heavy atom. The number of benzene rings is 1. The Morgan fingerprint density at radius 2 is 1.81 bits per heavy atom. The average Bonchev–Trinajstić information content (AvgIpc) is 3.26. The van der Waals surface area contributed by atoms with Gasteiger partial charge < -0.3 is 26.4 Å². The van der Waals surface area contributed by atoms with Crippen LogP contribution in [-0.4, -0.2) is 64.4 Å². The number of carbonyl (C=O) groups excluding carboxylic acids is 3. The summed E-state index contributed by atoms with van der Waals surface area (Å²) in [4.78, 5) is 51.6. The van der Waals surface area contributed by atoms with Gasteiger partial charge in [-0.1, -0.05) is 50.6 Å². The minimum Gasteiger partial charge on any atom is -0.480 e. The lowest BCUT2D eigenvalue weighted by atomic mass is 9.98. The van der Waals surface area contributed by atoms with E-state index in [9.17, 15) is 24.3 Å². The molecule has 5 unspecified atom stereocenters. The predicted molar refractivity (Wildman–Crippen MR) is 119 cm³/mol. The molecule has 5 atom stereocenters. The average molecular weight is 447 g/mol. The highest BCUT2D eigenvalue weighted by Gasteiger charge is 2.39. The Morgan fingerprint density at radius 1 is 1.16 bits per heavy atom. The standard InChI is InChI=1S/C23H34N4O5/c1-4-14(2)19(23(31)32)26-21(29)18-11-8-12-27(18)22(30)17(25-20(28)15(3)24)13-16-9-6-5-7-10-16/h5-7,9-10,14-15,17-19H,4,8,11-13,24H2,1-3H3,(H,25,28)(H,26,29)(H,31,32). The molecule has 1 aliphatic heterocycles. The van der Waals surface area contributed by atoms with Crippen molar-refractivity contribution in [3.8, 4) is 0 Å². The minimum atomic E-state index is -1.10. The highest BCUT2D eigenvalue weighted by atomic mass is 16.4. The molecule has 5 N–H and O–H groups in total. The van der Waals surface area contributed by atoms with Crippen molar-refractivity contribution in [1.82, 2.24) is 15.5 Å². The maximum Gasteiger partial charge on any atom is 0.326 e. The summed E-state index contributed by atoms with van der Waals surface area (Å²) < 4.78 is 0. The first-order chi connectivity index (χ1) is 15.1. The lowest BCUT2D eigenvalue weighted by molar-refractivity contribution is -0.146. The van der Waals surface area contributed by atoms with E-state index in [0.717, 1.165) is 5.56 Å². The second-order valence-corrected chi connectivity index (χ2v) is 8.44. The van der Waals surface area contributed by atoms with Crippen LogP contribution in [-0.2, 0) is 25.6 Å². The Balaban J connectivity index is 2.20. The molecule has 0 aliphatic carbocycles. The Bertz CT molecular complexity index is 814. The highest BCUT2D eigenvalue weighted by Crippen LogP contribution is 2.21. The molecule has 0 radical (unpaired) electrons. The predicted octanol–water partition coefficient (Wildman–Crippen LogP) is 0.668. The molecule has 0 spiro atoms. The fourth-order valence-electron chi connectivity index (χ4n) is 3.79. The summed E-state index contributed by atoms with van der Waals surface area (Å²) in [5, 5.41) is 14.8. The number of nitrogens with one attached hydrogen (secondary N) is 2. The van der Waals surface area contributed by atoms with E-state index in [2.05, 4.69) is 10.6 Å². The number of hydrogen-bond acceptors (Lipinski definition) is 5. The van der Waals surface area contributed by atoms with E-state index in [1.807, 2.05) is 37.3 Å². The number of hydrogen-bond donors (Lipinski definition) is 4. The van der Waals surface area contributed by atoms with E-state index in [1.165, 1.54) is 11.8 Å². The maximum absolute atomic E-state index is 13.4. The molecule has 1 aliphatic rings. The molecule has 0 saturated carbocycles. The van der Waals surface area contributed by atoms with Gasteiger partial charge in [-0.05, 0) is 31.2 Å². The van der Waals surface area contributed by atoms with Crippen LogP contribution < -0.4 is 16.4 Å². The zero-order valence-electron chi connectivity index (χ0n) is 18.9. The van der Waals surface area contributed by atoms with Gasteiger partial charge in [0.25, 0.3) is 0 Å². The topological polar surface area (TPSA) is 142 Å². The van der Waals surface area contributed by atoms with Gasteiger partial charge in [0.05, 0.1) is 6.04 Å².